The minimum absolute atomic E-state index is 0.437. The molecule has 0 aromatic carbocycles. The van der Waals surface area contributed by atoms with E-state index in [2.05, 4.69) is 5.32 Å². The number of carbonyl (C=O) groups is 13. The van der Waals surface area contributed by atoms with E-state index in [1.165, 1.54) is 0 Å². The van der Waals surface area contributed by atoms with Crippen LogP contribution in [0.15, 0.2) is 0 Å². The van der Waals surface area contributed by atoms with Gasteiger partial charge < -0.3 is 72.1 Å². The van der Waals surface area contributed by atoms with Crippen LogP contribution in [0.1, 0.15) is 6.42 Å². The van der Waals surface area contributed by atoms with Crippen LogP contribution in [-0.2, 0) is 62.3 Å². The second kappa shape index (κ2) is 29.3. The second-order valence-electron chi connectivity index (χ2n) is 13.8. The molecule has 366 valence electrons. The maximum atomic E-state index is 14.0. The zero-order chi connectivity index (χ0) is 50.1. The average molecular weight is 943 g/mol. The maximum absolute atomic E-state index is 14.0. The first-order valence-electron chi connectivity index (χ1n) is 18.5. The Bertz CT molecular complexity index is 1700. The van der Waals surface area contributed by atoms with Gasteiger partial charge in [-0.2, -0.15) is 0 Å². The fourth-order valence-electron chi connectivity index (χ4n) is 6.03. The summed E-state index contributed by atoms with van der Waals surface area (Å²) >= 11 is 0. The highest BCUT2D eigenvalue weighted by molar-refractivity contribution is 5.90. The molecule has 0 fully saturated rings. The highest BCUT2D eigenvalue weighted by Gasteiger charge is 2.39. The van der Waals surface area contributed by atoms with Crippen LogP contribution in [0, 0.1) is 0 Å². The van der Waals surface area contributed by atoms with E-state index in [0.29, 0.717) is 9.80 Å². The van der Waals surface area contributed by atoms with Gasteiger partial charge in [0, 0.05) is 38.8 Å². The zero-order valence-corrected chi connectivity index (χ0v) is 34.1. The van der Waals surface area contributed by atoms with Gasteiger partial charge in [0.05, 0.1) is 65.4 Å². The summed E-state index contributed by atoms with van der Waals surface area (Å²) in [6, 6.07) is -8.23. The number of rotatable bonds is 38. The van der Waals surface area contributed by atoms with Crippen molar-refractivity contribution in [1.29, 1.82) is 0 Å². The van der Waals surface area contributed by atoms with Crippen LogP contribution in [0.4, 0.5) is 0 Å². The Kier molecular flexibility index (Phi) is 26.1. The molecule has 4 unspecified atom stereocenters. The van der Waals surface area contributed by atoms with Crippen LogP contribution in [0.2, 0.25) is 0 Å². The third-order valence-electron chi connectivity index (χ3n) is 8.46. The highest BCUT2D eigenvalue weighted by atomic mass is 16.4. The Morgan fingerprint density at radius 2 is 0.785 bits per heavy atom. The third kappa shape index (κ3) is 26.2. The maximum Gasteiger partial charge on any atom is 0.328 e. The monoisotopic (exact) mass is 942 g/mol. The summed E-state index contributed by atoms with van der Waals surface area (Å²) in [4.78, 5) is 160. The number of carboxylic acid groups (broad SMARTS) is 11. The summed E-state index contributed by atoms with van der Waals surface area (Å²) < 4.78 is 0. The van der Waals surface area contributed by atoms with Crippen LogP contribution >= 0.6 is 0 Å². The van der Waals surface area contributed by atoms with Crippen molar-refractivity contribution >= 4 is 77.5 Å². The lowest BCUT2D eigenvalue weighted by Crippen LogP contribution is -2.63. The molecule has 0 saturated carbocycles. The molecule has 0 aliphatic rings. The van der Waals surface area contributed by atoms with Crippen molar-refractivity contribution in [3.8, 4) is 0 Å². The number of hydrogen-bond donors (Lipinski definition) is 14. The lowest BCUT2D eigenvalue weighted by molar-refractivity contribution is -0.149. The molecule has 65 heavy (non-hydrogen) atoms. The van der Waals surface area contributed by atoms with Gasteiger partial charge in [-0.05, 0) is 6.42 Å². The summed E-state index contributed by atoms with van der Waals surface area (Å²) in [6.07, 6.45) is -0.627. The van der Waals surface area contributed by atoms with Crippen LogP contribution < -0.4 is 16.0 Å². The van der Waals surface area contributed by atoms with Crippen molar-refractivity contribution in [3.63, 3.8) is 0 Å². The van der Waals surface area contributed by atoms with Gasteiger partial charge in [0.15, 0.2) is 0 Å². The number of aliphatic carboxylic acids is 11. The molecule has 0 radical (unpaired) electrons. The molecular weight excluding hydrogens is 892 g/mol. The standard InChI is InChI=1S/C33H50N8O24/c42-20(43)6-34-17(1-2-37(8-21(44)45)9-22(46)47)30(41(15-28(58)59)16-29(60)61)32(63)36-18(33(64)65)5-35-31(62)19(40(13-26(54)55)14-27(56)57)7-38(10-23(48)49)3-4-39(11-24(50)51)12-25(52)53/h17-19,30,34H,1-16H2,(H,35,62)(H,36,63)(H,42,43)(H,44,45)(H,46,47)(H,48,49)(H,50,51)(H,52,53)(H,54,55)(H,56,57)(H,58,59)(H,60,61)(H,64,65). The van der Waals surface area contributed by atoms with Gasteiger partial charge in [0.1, 0.15) is 18.1 Å². The van der Waals surface area contributed by atoms with Crippen LogP contribution in [0.5, 0.6) is 0 Å². The van der Waals surface area contributed by atoms with Gasteiger partial charge >= 0.3 is 65.7 Å². The lowest BCUT2D eigenvalue weighted by atomic mass is 10.00. The molecule has 0 aromatic heterocycles. The van der Waals surface area contributed by atoms with Gasteiger partial charge in [0.2, 0.25) is 11.8 Å². The number of carbonyl (C=O) groups excluding carboxylic acids is 2. The molecule has 0 aromatic rings. The Labute approximate surface area is 365 Å². The fraction of sp³-hybridized carbons (Fsp3) is 0.606. The third-order valence-corrected chi connectivity index (χ3v) is 8.46. The number of amides is 2. The molecule has 14 N–H and O–H groups in total. The Hall–Kier alpha value is -7.13. The van der Waals surface area contributed by atoms with E-state index in [4.69, 9.17) is 10.2 Å². The molecule has 0 heterocycles. The van der Waals surface area contributed by atoms with E-state index in [1.54, 1.807) is 0 Å². The number of carboxylic acids is 11. The number of nitrogens with zero attached hydrogens (tertiary/aromatic N) is 5. The van der Waals surface area contributed by atoms with Crippen LogP contribution in [0.3, 0.4) is 0 Å². The van der Waals surface area contributed by atoms with E-state index in [-0.39, 0.29) is 0 Å². The van der Waals surface area contributed by atoms with Crippen molar-refractivity contribution in [2.45, 2.75) is 30.6 Å². The smallest absolute Gasteiger partial charge is 0.328 e. The summed E-state index contributed by atoms with van der Waals surface area (Å²) in [7, 11) is 0. The van der Waals surface area contributed by atoms with Crippen molar-refractivity contribution < 1.29 is 119 Å². The summed E-state index contributed by atoms with van der Waals surface area (Å²) in [6.45, 7) is -14.4. The predicted molar refractivity (Wildman–Crippen MR) is 205 cm³/mol. The summed E-state index contributed by atoms with van der Waals surface area (Å²) in [5, 5.41) is 110. The average Bonchev–Trinajstić information content (AvgIpc) is 3.12. The molecule has 0 spiro atoms. The van der Waals surface area contributed by atoms with Crippen molar-refractivity contribution in [2.75, 3.05) is 98.2 Å². The van der Waals surface area contributed by atoms with E-state index in [1.807, 2.05) is 10.6 Å². The van der Waals surface area contributed by atoms with E-state index in [9.17, 15) is 108 Å². The summed E-state index contributed by atoms with van der Waals surface area (Å²) in [5.74, 6) is -21.2. The second-order valence-corrected chi connectivity index (χ2v) is 13.8. The van der Waals surface area contributed by atoms with Gasteiger partial charge in [-0.25, -0.2) is 4.79 Å². The Balaban J connectivity index is 7.15. The first-order valence-corrected chi connectivity index (χ1v) is 18.5. The van der Waals surface area contributed by atoms with Crippen molar-refractivity contribution in [1.82, 2.24) is 40.4 Å². The molecule has 0 bridgehead atoms. The lowest BCUT2D eigenvalue weighted by Gasteiger charge is -2.36. The molecule has 0 saturated heterocycles. The first-order chi connectivity index (χ1) is 30.1. The largest absolute Gasteiger partial charge is 0.480 e. The number of nitrogens with one attached hydrogen (secondary N) is 3. The van der Waals surface area contributed by atoms with Crippen molar-refractivity contribution in [3.05, 3.63) is 0 Å². The minimum Gasteiger partial charge on any atom is -0.480 e. The fourth-order valence-corrected chi connectivity index (χ4v) is 6.03. The topological polar surface area (TPSA) is 497 Å². The molecule has 2 amide bonds. The van der Waals surface area contributed by atoms with E-state index >= 15 is 0 Å². The molecule has 0 aliphatic carbocycles. The van der Waals surface area contributed by atoms with Crippen LogP contribution in [0.25, 0.3) is 0 Å². The van der Waals surface area contributed by atoms with Crippen LogP contribution in [-0.4, -0.2) is 280 Å². The SMILES string of the molecule is O=C(O)CNC(CCN(CC(=O)O)CC(=O)O)C(C(=O)NC(CNC(=O)C(CN(CCN(CC(=O)O)CC(=O)O)CC(=O)O)N(CC(=O)O)CC(=O)O)C(=O)O)N(CC(=O)O)CC(=O)O. The van der Waals surface area contributed by atoms with Gasteiger partial charge in [-0.1, -0.05) is 0 Å². The highest BCUT2D eigenvalue weighted by Crippen LogP contribution is 2.13. The normalized spacial score (nSPS) is 13.1. The molecular formula is C33H50N8O24. The molecule has 0 aliphatic heterocycles. The Morgan fingerprint density at radius 1 is 0.415 bits per heavy atom. The first kappa shape index (κ1) is 57.9. The minimum atomic E-state index is -2.30. The molecule has 4 atom stereocenters. The van der Waals surface area contributed by atoms with E-state index in [0.717, 1.165) is 14.7 Å². The summed E-state index contributed by atoms with van der Waals surface area (Å²) in [5.41, 5.74) is 0. The number of hydrogen-bond acceptors (Lipinski definition) is 19. The van der Waals surface area contributed by atoms with Gasteiger partial charge in [-0.15, -0.1) is 0 Å². The van der Waals surface area contributed by atoms with Gasteiger partial charge in [0.25, 0.3) is 0 Å². The molecule has 32 nitrogen and oxygen atoms in total. The molecule has 0 rings (SSSR count). The van der Waals surface area contributed by atoms with E-state index < -0.39 is 206 Å². The molecule has 32 heteroatoms. The van der Waals surface area contributed by atoms with Crippen molar-refractivity contribution in [2.24, 2.45) is 0 Å². The zero-order valence-electron chi connectivity index (χ0n) is 34.1. The van der Waals surface area contributed by atoms with Gasteiger partial charge in [-0.3, -0.25) is 82.0 Å². The predicted octanol–water partition coefficient (Wildman–Crippen LogP) is -7.89. The Morgan fingerprint density at radius 3 is 1.17 bits per heavy atom. The quantitative estimate of drug-likeness (QED) is 0.0273.